The van der Waals surface area contributed by atoms with Gasteiger partial charge < -0.3 is 4.90 Å². The SMILES string of the molecule is O=C1CC(N(C(=O)c2cccs2)C2CCN(Cc3ccccc3)CC2)C(=O)N1c1ccc(F)cc1. The average Bonchev–Trinajstić information content (AvgIpc) is 3.50. The predicted molar refractivity (Wildman–Crippen MR) is 133 cm³/mol. The van der Waals surface area contributed by atoms with Gasteiger partial charge in [0.15, 0.2) is 0 Å². The number of benzene rings is 2. The van der Waals surface area contributed by atoms with Crippen molar-refractivity contribution in [1.29, 1.82) is 0 Å². The van der Waals surface area contributed by atoms with E-state index in [1.807, 2.05) is 29.6 Å². The van der Waals surface area contributed by atoms with E-state index in [9.17, 15) is 18.8 Å². The molecule has 0 spiro atoms. The fraction of sp³-hybridized carbons (Fsp3) is 0.296. The number of imide groups is 1. The molecule has 1 atom stereocenters. The second-order valence-corrected chi connectivity index (χ2v) is 9.89. The summed E-state index contributed by atoms with van der Waals surface area (Å²) in [4.78, 5) is 45.6. The Balaban J connectivity index is 1.36. The first-order valence-corrected chi connectivity index (χ1v) is 12.6. The van der Waals surface area contributed by atoms with Crippen LogP contribution in [0.5, 0.6) is 0 Å². The molecule has 6 nitrogen and oxygen atoms in total. The van der Waals surface area contributed by atoms with Gasteiger partial charge in [0.05, 0.1) is 17.0 Å². The van der Waals surface area contributed by atoms with Crippen LogP contribution >= 0.6 is 11.3 Å². The number of piperidine rings is 1. The zero-order valence-electron chi connectivity index (χ0n) is 19.2. The Hall–Kier alpha value is -3.36. The molecule has 8 heteroatoms. The highest BCUT2D eigenvalue weighted by Gasteiger charge is 2.47. The van der Waals surface area contributed by atoms with Crippen LogP contribution in [0.4, 0.5) is 10.1 Å². The average molecular weight is 492 g/mol. The number of likely N-dealkylation sites (tertiary alicyclic amines) is 1. The summed E-state index contributed by atoms with van der Waals surface area (Å²) in [5.41, 5.74) is 1.56. The van der Waals surface area contributed by atoms with Gasteiger partial charge in [-0.2, -0.15) is 0 Å². The van der Waals surface area contributed by atoms with Crippen molar-refractivity contribution in [2.24, 2.45) is 0 Å². The molecule has 2 saturated heterocycles. The second kappa shape index (κ2) is 10.1. The Labute approximate surface area is 207 Å². The molecule has 3 heterocycles. The summed E-state index contributed by atoms with van der Waals surface area (Å²) < 4.78 is 13.4. The maximum atomic E-state index is 13.6. The van der Waals surface area contributed by atoms with E-state index in [-0.39, 0.29) is 24.3 Å². The third-order valence-corrected chi connectivity index (χ3v) is 7.57. The summed E-state index contributed by atoms with van der Waals surface area (Å²) >= 11 is 1.33. The van der Waals surface area contributed by atoms with Gasteiger partial charge in [-0.25, -0.2) is 9.29 Å². The van der Waals surface area contributed by atoms with Crippen molar-refractivity contribution in [3.63, 3.8) is 0 Å². The lowest BCUT2D eigenvalue weighted by Crippen LogP contribution is -2.54. The second-order valence-electron chi connectivity index (χ2n) is 8.95. The lowest BCUT2D eigenvalue weighted by Gasteiger charge is -2.40. The van der Waals surface area contributed by atoms with Gasteiger partial charge in [-0.15, -0.1) is 11.3 Å². The molecule has 0 radical (unpaired) electrons. The van der Waals surface area contributed by atoms with Crippen molar-refractivity contribution in [2.45, 2.75) is 37.9 Å². The van der Waals surface area contributed by atoms with Crippen LogP contribution < -0.4 is 4.90 Å². The molecule has 180 valence electrons. The highest BCUT2D eigenvalue weighted by atomic mass is 32.1. The van der Waals surface area contributed by atoms with Gasteiger partial charge in [-0.3, -0.25) is 19.3 Å². The summed E-state index contributed by atoms with van der Waals surface area (Å²) in [7, 11) is 0. The molecule has 0 N–H and O–H groups in total. The van der Waals surface area contributed by atoms with Crippen molar-refractivity contribution < 1.29 is 18.8 Å². The lowest BCUT2D eigenvalue weighted by atomic mass is 9.99. The molecular formula is C27H26FN3O3S. The van der Waals surface area contributed by atoms with Crippen molar-refractivity contribution in [3.8, 4) is 0 Å². The number of rotatable bonds is 6. The Kier molecular flexibility index (Phi) is 6.74. The predicted octanol–water partition coefficient (Wildman–Crippen LogP) is 4.33. The van der Waals surface area contributed by atoms with Crippen LogP contribution in [-0.2, 0) is 16.1 Å². The number of anilines is 1. The third-order valence-electron chi connectivity index (χ3n) is 6.71. The fourth-order valence-electron chi connectivity index (χ4n) is 4.98. The number of amides is 3. The first-order valence-electron chi connectivity index (χ1n) is 11.8. The minimum absolute atomic E-state index is 0.0719. The summed E-state index contributed by atoms with van der Waals surface area (Å²) in [6, 6.07) is 18.1. The van der Waals surface area contributed by atoms with Crippen molar-refractivity contribution in [3.05, 3.63) is 88.4 Å². The zero-order valence-corrected chi connectivity index (χ0v) is 20.0. The smallest absolute Gasteiger partial charge is 0.264 e. The van der Waals surface area contributed by atoms with Crippen LogP contribution in [0.2, 0.25) is 0 Å². The molecule has 2 fully saturated rings. The van der Waals surface area contributed by atoms with Gasteiger partial charge in [-0.1, -0.05) is 36.4 Å². The van der Waals surface area contributed by atoms with Crippen LogP contribution in [0.25, 0.3) is 0 Å². The van der Waals surface area contributed by atoms with E-state index in [1.54, 1.807) is 11.0 Å². The molecule has 0 aliphatic carbocycles. The van der Waals surface area contributed by atoms with Gasteiger partial charge in [0, 0.05) is 25.7 Å². The van der Waals surface area contributed by atoms with Crippen LogP contribution in [-0.4, -0.2) is 52.7 Å². The largest absolute Gasteiger partial charge is 0.322 e. The molecule has 1 aromatic heterocycles. The lowest BCUT2D eigenvalue weighted by molar-refractivity contribution is -0.123. The highest BCUT2D eigenvalue weighted by Crippen LogP contribution is 2.31. The topological polar surface area (TPSA) is 60.9 Å². The van der Waals surface area contributed by atoms with E-state index in [1.165, 1.54) is 41.2 Å². The van der Waals surface area contributed by atoms with E-state index in [4.69, 9.17) is 0 Å². The first kappa shape index (κ1) is 23.4. The van der Waals surface area contributed by atoms with Crippen LogP contribution in [0.1, 0.15) is 34.5 Å². The van der Waals surface area contributed by atoms with E-state index in [2.05, 4.69) is 17.0 Å². The van der Waals surface area contributed by atoms with Crippen LogP contribution in [0.15, 0.2) is 72.1 Å². The van der Waals surface area contributed by atoms with E-state index in [0.29, 0.717) is 10.6 Å². The van der Waals surface area contributed by atoms with Crippen molar-refractivity contribution in [2.75, 3.05) is 18.0 Å². The Morgan fingerprint density at radius 1 is 0.971 bits per heavy atom. The minimum Gasteiger partial charge on any atom is -0.322 e. The number of hydrogen-bond acceptors (Lipinski definition) is 5. The molecule has 1 unspecified atom stereocenters. The molecule has 0 bridgehead atoms. The first-order chi connectivity index (χ1) is 17.0. The number of halogens is 1. The van der Waals surface area contributed by atoms with Gasteiger partial charge in [-0.05, 0) is 54.1 Å². The van der Waals surface area contributed by atoms with Crippen molar-refractivity contribution in [1.82, 2.24) is 9.80 Å². The summed E-state index contributed by atoms with van der Waals surface area (Å²) in [6.07, 6.45) is 1.37. The summed E-state index contributed by atoms with van der Waals surface area (Å²) in [5.74, 6) is -1.47. The molecule has 2 aliphatic heterocycles. The van der Waals surface area contributed by atoms with E-state index in [0.717, 1.165) is 37.4 Å². The molecule has 5 rings (SSSR count). The monoisotopic (exact) mass is 491 g/mol. The summed E-state index contributed by atoms with van der Waals surface area (Å²) in [6.45, 7) is 2.43. The molecule has 0 saturated carbocycles. The molecule has 3 amide bonds. The quantitative estimate of drug-likeness (QED) is 0.482. The Morgan fingerprint density at radius 2 is 1.69 bits per heavy atom. The number of carbonyl (C=O) groups is 3. The molecule has 35 heavy (non-hydrogen) atoms. The number of nitrogens with zero attached hydrogens (tertiary/aromatic N) is 3. The van der Waals surface area contributed by atoms with E-state index < -0.39 is 17.8 Å². The van der Waals surface area contributed by atoms with Crippen LogP contribution in [0, 0.1) is 5.82 Å². The maximum Gasteiger partial charge on any atom is 0.264 e. The van der Waals surface area contributed by atoms with Gasteiger partial charge >= 0.3 is 0 Å². The van der Waals surface area contributed by atoms with Gasteiger partial charge in [0.25, 0.3) is 11.8 Å². The van der Waals surface area contributed by atoms with Crippen molar-refractivity contribution >= 4 is 34.7 Å². The van der Waals surface area contributed by atoms with Crippen LogP contribution in [0.3, 0.4) is 0 Å². The fourth-order valence-corrected chi connectivity index (χ4v) is 5.65. The van der Waals surface area contributed by atoms with E-state index >= 15 is 0 Å². The Morgan fingerprint density at radius 3 is 2.34 bits per heavy atom. The molecule has 2 aromatic carbocycles. The van der Waals surface area contributed by atoms with Gasteiger partial charge in [0.2, 0.25) is 5.91 Å². The Bertz CT molecular complexity index is 1190. The normalized spacial score (nSPS) is 19.3. The number of hydrogen-bond donors (Lipinski definition) is 0. The zero-order chi connectivity index (χ0) is 24.4. The highest BCUT2D eigenvalue weighted by molar-refractivity contribution is 7.12. The minimum atomic E-state index is -0.868. The van der Waals surface area contributed by atoms with Gasteiger partial charge in [0.1, 0.15) is 11.9 Å². The molecule has 2 aliphatic rings. The maximum absolute atomic E-state index is 13.6. The molecular weight excluding hydrogens is 465 g/mol. The number of carbonyl (C=O) groups excluding carboxylic acids is 3. The standard InChI is InChI=1S/C27H26FN3O3S/c28-20-8-10-21(11-9-20)31-25(32)17-23(26(31)33)30(27(34)24-7-4-16-35-24)22-12-14-29(15-13-22)18-19-5-2-1-3-6-19/h1-11,16,22-23H,12-15,17-18H2. The summed E-state index contributed by atoms with van der Waals surface area (Å²) in [5, 5.41) is 1.83. The molecule has 3 aromatic rings. The third kappa shape index (κ3) is 4.90. The number of thiophene rings is 1.